The Labute approximate surface area is 105 Å². The zero-order chi connectivity index (χ0) is 13.0. The first-order valence-corrected chi connectivity index (χ1v) is 6.15. The minimum Gasteiger partial charge on any atom is -0.398 e. The molecule has 0 aliphatic carbocycles. The van der Waals surface area contributed by atoms with Crippen molar-refractivity contribution < 1.29 is 4.79 Å². The Morgan fingerprint density at radius 1 is 1.28 bits per heavy atom. The summed E-state index contributed by atoms with van der Waals surface area (Å²) in [7, 11) is 0. The molecule has 1 saturated heterocycles. The average molecular weight is 250 g/mol. The van der Waals surface area contributed by atoms with Crippen molar-refractivity contribution in [2.24, 2.45) is 0 Å². The molecule has 6 nitrogen and oxygen atoms in total. The maximum atomic E-state index is 11.8. The summed E-state index contributed by atoms with van der Waals surface area (Å²) < 4.78 is 1.31. The van der Waals surface area contributed by atoms with Gasteiger partial charge in [0, 0.05) is 31.0 Å². The third kappa shape index (κ3) is 3.33. The molecule has 1 aromatic heterocycles. The SMILES string of the molecule is Nc1ccc(=O)n(CC(=O)NN2CCCCC2)c1. The Kier molecular flexibility index (Phi) is 3.99. The Hall–Kier alpha value is -1.82. The quantitative estimate of drug-likeness (QED) is 0.788. The second-order valence-electron chi connectivity index (χ2n) is 4.51. The van der Waals surface area contributed by atoms with Crippen molar-refractivity contribution in [3.63, 3.8) is 0 Å². The van der Waals surface area contributed by atoms with Gasteiger partial charge in [0.25, 0.3) is 11.5 Å². The number of nitrogens with two attached hydrogens (primary N) is 1. The van der Waals surface area contributed by atoms with E-state index in [2.05, 4.69) is 5.43 Å². The molecule has 0 bridgehead atoms. The van der Waals surface area contributed by atoms with E-state index in [1.165, 1.54) is 29.3 Å². The second-order valence-corrected chi connectivity index (χ2v) is 4.51. The lowest BCUT2D eigenvalue weighted by Crippen LogP contribution is -2.46. The molecule has 2 rings (SSSR count). The van der Waals surface area contributed by atoms with Gasteiger partial charge >= 0.3 is 0 Å². The lowest BCUT2D eigenvalue weighted by Gasteiger charge is -2.26. The molecule has 0 unspecified atom stereocenters. The number of carbonyl (C=O) groups is 1. The number of piperidine rings is 1. The summed E-state index contributed by atoms with van der Waals surface area (Å²) in [5.74, 6) is -0.190. The van der Waals surface area contributed by atoms with Crippen LogP contribution in [0.1, 0.15) is 19.3 Å². The van der Waals surface area contributed by atoms with Crippen molar-refractivity contribution in [2.45, 2.75) is 25.8 Å². The lowest BCUT2D eigenvalue weighted by molar-refractivity contribution is -0.127. The normalized spacial score (nSPS) is 16.4. The zero-order valence-electron chi connectivity index (χ0n) is 10.3. The van der Waals surface area contributed by atoms with Crippen molar-refractivity contribution in [3.05, 3.63) is 28.7 Å². The molecule has 0 spiro atoms. The van der Waals surface area contributed by atoms with E-state index in [9.17, 15) is 9.59 Å². The van der Waals surface area contributed by atoms with Crippen molar-refractivity contribution >= 4 is 11.6 Å². The zero-order valence-corrected chi connectivity index (χ0v) is 10.3. The summed E-state index contributed by atoms with van der Waals surface area (Å²) in [6.07, 6.45) is 4.89. The molecule has 1 aliphatic rings. The topological polar surface area (TPSA) is 80.4 Å². The number of nitrogens with zero attached hydrogens (tertiary/aromatic N) is 2. The van der Waals surface area contributed by atoms with Crippen LogP contribution in [0.15, 0.2) is 23.1 Å². The molecular formula is C12H18N4O2. The van der Waals surface area contributed by atoms with Crippen LogP contribution in [0.2, 0.25) is 0 Å². The summed E-state index contributed by atoms with van der Waals surface area (Å²) in [6, 6.07) is 2.89. The van der Waals surface area contributed by atoms with Gasteiger partial charge in [-0.25, -0.2) is 5.01 Å². The van der Waals surface area contributed by atoms with Crippen molar-refractivity contribution in [3.8, 4) is 0 Å². The molecule has 0 aromatic carbocycles. The fraction of sp³-hybridized carbons (Fsp3) is 0.500. The van der Waals surface area contributed by atoms with Gasteiger partial charge in [-0.3, -0.25) is 15.0 Å². The van der Waals surface area contributed by atoms with Crippen LogP contribution in [0.25, 0.3) is 0 Å². The summed E-state index contributed by atoms with van der Waals surface area (Å²) in [6.45, 7) is 1.75. The number of nitrogen functional groups attached to an aromatic ring is 1. The van der Waals surface area contributed by atoms with Crippen molar-refractivity contribution in [1.29, 1.82) is 0 Å². The van der Waals surface area contributed by atoms with Gasteiger partial charge in [-0.2, -0.15) is 0 Å². The predicted octanol–water partition coefficient (Wildman–Crippen LogP) is -0.0524. The van der Waals surface area contributed by atoms with Crippen LogP contribution in [0.4, 0.5) is 5.69 Å². The van der Waals surface area contributed by atoms with Crippen LogP contribution in [-0.4, -0.2) is 28.6 Å². The number of anilines is 1. The summed E-state index contributed by atoms with van der Waals surface area (Å²) >= 11 is 0. The largest absolute Gasteiger partial charge is 0.398 e. The molecule has 6 heteroatoms. The number of carbonyl (C=O) groups excluding carboxylic acids is 1. The van der Waals surface area contributed by atoms with Gasteiger partial charge in [-0.15, -0.1) is 0 Å². The molecule has 0 saturated carbocycles. The third-order valence-electron chi connectivity index (χ3n) is 2.96. The Bertz CT molecular complexity index is 477. The summed E-state index contributed by atoms with van der Waals surface area (Å²) in [4.78, 5) is 23.3. The Morgan fingerprint density at radius 2 is 2.00 bits per heavy atom. The monoisotopic (exact) mass is 250 g/mol. The standard InChI is InChI=1S/C12H18N4O2/c13-10-4-5-12(18)15(8-10)9-11(17)14-16-6-2-1-3-7-16/h4-5,8H,1-3,6-7,9,13H2,(H,14,17). The molecule has 1 amide bonds. The smallest absolute Gasteiger partial charge is 0.254 e. The number of aromatic nitrogens is 1. The van der Waals surface area contributed by atoms with E-state index in [0.29, 0.717) is 5.69 Å². The number of rotatable bonds is 3. The van der Waals surface area contributed by atoms with Crippen LogP contribution in [0, 0.1) is 0 Å². The highest BCUT2D eigenvalue weighted by Crippen LogP contribution is 2.05. The van der Waals surface area contributed by atoms with E-state index < -0.39 is 0 Å². The van der Waals surface area contributed by atoms with Gasteiger partial charge in [0.05, 0.1) is 0 Å². The average Bonchev–Trinajstić information content (AvgIpc) is 2.35. The van der Waals surface area contributed by atoms with Gasteiger partial charge in [0.1, 0.15) is 6.54 Å². The minimum absolute atomic E-state index is 0.000370. The van der Waals surface area contributed by atoms with E-state index in [1.807, 2.05) is 5.01 Å². The molecule has 0 atom stereocenters. The fourth-order valence-electron chi connectivity index (χ4n) is 2.05. The molecule has 1 aliphatic heterocycles. The highest BCUT2D eigenvalue weighted by atomic mass is 16.2. The Morgan fingerprint density at radius 3 is 2.72 bits per heavy atom. The van der Waals surface area contributed by atoms with Gasteiger partial charge in [0.2, 0.25) is 0 Å². The summed E-state index contributed by atoms with van der Waals surface area (Å²) in [5, 5.41) is 1.91. The van der Waals surface area contributed by atoms with Gasteiger partial charge in [-0.1, -0.05) is 6.42 Å². The molecule has 1 fully saturated rings. The molecule has 3 N–H and O–H groups in total. The van der Waals surface area contributed by atoms with Crippen molar-refractivity contribution in [1.82, 2.24) is 15.0 Å². The van der Waals surface area contributed by atoms with Crippen LogP contribution < -0.4 is 16.7 Å². The number of hydrogen-bond donors (Lipinski definition) is 2. The first-order valence-electron chi connectivity index (χ1n) is 6.15. The first-order chi connectivity index (χ1) is 8.65. The Balaban J connectivity index is 1.94. The number of hydrazine groups is 1. The van der Waals surface area contributed by atoms with Crippen molar-refractivity contribution in [2.75, 3.05) is 18.8 Å². The van der Waals surface area contributed by atoms with E-state index in [-0.39, 0.29) is 18.0 Å². The molecule has 98 valence electrons. The van der Waals surface area contributed by atoms with Crippen LogP contribution >= 0.6 is 0 Å². The number of nitrogens with one attached hydrogen (secondary N) is 1. The number of pyridine rings is 1. The predicted molar refractivity (Wildman–Crippen MR) is 68.7 cm³/mol. The van der Waals surface area contributed by atoms with Crippen LogP contribution in [0.5, 0.6) is 0 Å². The highest BCUT2D eigenvalue weighted by molar-refractivity contribution is 5.75. The van der Waals surface area contributed by atoms with E-state index >= 15 is 0 Å². The fourth-order valence-corrected chi connectivity index (χ4v) is 2.05. The van der Waals surface area contributed by atoms with E-state index in [0.717, 1.165) is 25.9 Å². The first kappa shape index (κ1) is 12.6. The number of amides is 1. The van der Waals surface area contributed by atoms with Gasteiger partial charge < -0.3 is 10.3 Å². The van der Waals surface area contributed by atoms with E-state index in [1.54, 1.807) is 0 Å². The maximum Gasteiger partial charge on any atom is 0.254 e. The van der Waals surface area contributed by atoms with E-state index in [4.69, 9.17) is 5.73 Å². The molecule has 18 heavy (non-hydrogen) atoms. The molecule has 0 radical (unpaired) electrons. The van der Waals surface area contributed by atoms with Gasteiger partial charge in [0.15, 0.2) is 0 Å². The highest BCUT2D eigenvalue weighted by Gasteiger charge is 2.13. The summed E-state index contributed by atoms with van der Waals surface area (Å²) in [5.41, 5.74) is 8.64. The molecular weight excluding hydrogens is 232 g/mol. The number of hydrogen-bond acceptors (Lipinski definition) is 4. The molecule has 2 heterocycles. The second kappa shape index (κ2) is 5.68. The third-order valence-corrected chi connectivity index (χ3v) is 2.96. The maximum absolute atomic E-state index is 11.8. The lowest BCUT2D eigenvalue weighted by atomic mass is 10.2. The van der Waals surface area contributed by atoms with Gasteiger partial charge in [-0.05, 0) is 18.9 Å². The van der Waals surface area contributed by atoms with Crippen LogP contribution in [0.3, 0.4) is 0 Å². The van der Waals surface area contributed by atoms with Crippen LogP contribution in [-0.2, 0) is 11.3 Å². The molecule has 1 aromatic rings. The minimum atomic E-state index is -0.224.